The Labute approximate surface area is 168 Å². The molecule has 2 aromatic rings. The Morgan fingerprint density at radius 1 is 1.03 bits per heavy atom. The second kappa shape index (κ2) is 8.89. The minimum absolute atomic E-state index is 0.0763. The van der Waals surface area contributed by atoms with Crippen LogP contribution in [-0.4, -0.2) is 51.3 Å². The summed E-state index contributed by atoms with van der Waals surface area (Å²) in [4.78, 5) is 26.3. The van der Waals surface area contributed by atoms with Crippen LogP contribution in [0.2, 0.25) is 0 Å². The second-order valence-electron chi connectivity index (χ2n) is 6.71. The van der Waals surface area contributed by atoms with Gasteiger partial charge in [0.1, 0.15) is 17.6 Å². The van der Waals surface area contributed by atoms with Crippen LogP contribution in [0.3, 0.4) is 0 Å². The summed E-state index contributed by atoms with van der Waals surface area (Å²) >= 11 is 0. The van der Waals surface area contributed by atoms with Gasteiger partial charge < -0.3 is 28.3 Å². The van der Waals surface area contributed by atoms with Crippen molar-refractivity contribution in [3.05, 3.63) is 46.0 Å². The molecule has 0 radical (unpaired) electrons. The van der Waals surface area contributed by atoms with E-state index in [0.717, 1.165) is 0 Å². The number of likely N-dealkylation sites (tertiary alicyclic amines) is 1. The molecule has 1 aromatic carbocycles. The topological polar surface area (TPSA) is 87.4 Å². The van der Waals surface area contributed by atoms with Crippen LogP contribution >= 0.6 is 0 Å². The van der Waals surface area contributed by atoms with E-state index in [2.05, 4.69) is 0 Å². The van der Waals surface area contributed by atoms with Gasteiger partial charge in [0.15, 0.2) is 11.5 Å². The van der Waals surface area contributed by atoms with Gasteiger partial charge in [0, 0.05) is 32.0 Å². The lowest BCUT2D eigenvalue weighted by molar-refractivity contribution is 0.0591. The minimum Gasteiger partial charge on any atom is -0.493 e. The van der Waals surface area contributed by atoms with Gasteiger partial charge in [-0.3, -0.25) is 4.79 Å². The maximum Gasteiger partial charge on any atom is 0.339 e. The fourth-order valence-corrected chi connectivity index (χ4v) is 3.45. The fourth-order valence-electron chi connectivity index (χ4n) is 3.45. The molecule has 0 N–H and O–H groups in total. The number of hydrogen-bond acceptors (Lipinski definition) is 7. The highest BCUT2D eigenvalue weighted by atomic mass is 16.5. The Balaban J connectivity index is 1.69. The van der Waals surface area contributed by atoms with Gasteiger partial charge in [0.2, 0.25) is 5.75 Å². The van der Waals surface area contributed by atoms with Crippen LogP contribution in [0, 0.1) is 6.92 Å². The number of rotatable bonds is 6. The van der Waals surface area contributed by atoms with E-state index in [9.17, 15) is 9.59 Å². The number of hydrogen-bond donors (Lipinski definition) is 0. The maximum atomic E-state index is 13.1. The van der Waals surface area contributed by atoms with Crippen LogP contribution in [-0.2, 0) is 0 Å². The first-order valence-electron chi connectivity index (χ1n) is 9.33. The van der Waals surface area contributed by atoms with E-state index in [-0.39, 0.29) is 12.0 Å². The van der Waals surface area contributed by atoms with E-state index < -0.39 is 5.63 Å². The normalized spacial score (nSPS) is 14.4. The first-order chi connectivity index (χ1) is 14.0. The molecule has 8 heteroatoms. The van der Waals surface area contributed by atoms with Crippen molar-refractivity contribution >= 4 is 5.91 Å². The van der Waals surface area contributed by atoms with Crippen molar-refractivity contribution in [2.75, 3.05) is 34.4 Å². The van der Waals surface area contributed by atoms with Crippen molar-refractivity contribution in [2.45, 2.75) is 25.9 Å². The van der Waals surface area contributed by atoms with Crippen LogP contribution in [0.5, 0.6) is 23.0 Å². The zero-order valence-corrected chi connectivity index (χ0v) is 17.0. The maximum absolute atomic E-state index is 13.1. The van der Waals surface area contributed by atoms with E-state index in [0.29, 0.717) is 60.3 Å². The highest BCUT2D eigenvalue weighted by Crippen LogP contribution is 2.40. The number of ether oxygens (including phenoxy) is 4. The van der Waals surface area contributed by atoms with Crippen molar-refractivity contribution in [3.63, 3.8) is 0 Å². The third kappa shape index (κ3) is 4.47. The first-order valence-corrected chi connectivity index (χ1v) is 9.33. The highest BCUT2D eigenvalue weighted by Gasteiger charge is 2.28. The molecule has 1 fully saturated rings. The van der Waals surface area contributed by atoms with Crippen LogP contribution < -0.4 is 24.6 Å². The quantitative estimate of drug-likeness (QED) is 0.733. The zero-order valence-electron chi connectivity index (χ0n) is 17.0. The Bertz CT molecular complexity index is 929. The van der Waals surface area contributed by atoms with Crippen molar-refractivity contribution in [3.8, 4) is 23.0 Å². The average molecular weight is 403 g/mol. The van der Waals surface area contributed by atoms with Crippen LogP contribution in [0.1, 0.15) is 29.0 Å². The lowest BCUT2D eigenvalue weighted by Gasteiger charge is -2.32. The van der Waals surface area contributed by atoms with E-state index in [4.69, 9.17) is 23.4 Å². The molecule has 156 valence electrons. The first kappa shape index (κ1) is 20.6. The van der Waals surface area contributed by atoms with Crippen molar-refractivity contribution < 1.29 is 28.2 Å². The van der Waals surface area contributed by atoms with E-state index >= 15 is 0 Å². The van der Waals surface area contributed by atoms with Gasteiger partial charge in [-0.2, -0.15) is 0 Å². The summed E-state index contributed by atoms with van der Waals surface area (Å²) in [6, 6.07) is 6.39. The second-order valence-corrected chi connectivity index (χ2v) is 6.71. The number of aryl methyl sites for hydroxylation is 1. The standard InChI is InChI=1S/C21H25NO7/c1-13-11-15(12-18(23)28-13)29-14-7-9-22(10-8-14)21(24)16-5-6-17(25-2)20(27-4)19(16)26-3/h5-6,11-12,14H,7-10H2,1-4H3. The van der Waals surface area contributed by atoms with Gasteiger partial charge in [-0.25, -0.2) is 4.79 Å². The molecule has 2 heterocycles. The number of carbonyl (C=O) groups excluding carboxylic acids is 1. The lowest BCUT2D eigenvalue weighted by Crippen LogP contribution is -2.42. The SMILES string of the molecule is COc1ccc(C(=O)N2CCC(Oc3cc(C)oc(=O)c3)CC2)c(OC)c1OC. The Morgan fingerprint density at radius 3 is 2.31 bits per heavy atom. The molecule has 29 heavy (non-hydrogen) atoms. The van der Waals surface area contributed by atoms with Gasteiger partial charge in [-0.15, -0.1) is 0 Å². The summed E-state index contributed by atoms with van der Waals surface area (Å²) in [5.41, 5.74) is -0.0195. The van der Waals surface area contributed by atoms with Crippen LogP contribution in [0.15, 0.2) is 33.5 Å². The molecule has 1 amide bonds. The molecular weight excluding hydrogens is 378 g/mol. The molecule has 0 spiro atoms. The molecule has 1 saturated heterocycles. The largest absolute Gasteiger partial charge is 0.493 e. The summed E-state index contributed by atoms with van der Waals surface area (Å²) in [6.07, 6.45) is 1.23. The average Bonchev–Trinajstić information content (AvgIpc) is 2.71. The number of benzene rings is 1. The Morgan fingerprint density at radius 2 is 1.72 bits per heavy atom. The predicted octanol–water partition coefficient (Wildman–Crippen LogP) is 2.66. The molecule has 1 aromatic heterocycles. The van der Waals surface area contributed by atoms with E-state index in [1.807, 2.05) is 0 Å². The number of amides is 1. The van der Waals surface area contributed by atoms with E-state index in [1.165, 1.54) is 27.4 Å². The smallest absolute Gasteiger partial charge is 0.339 e. The predicted molar refractivity (Wildman–Crippen MR) is 105 cm³/mol. The molecule has 0 aliphatic carbocycles. The summed E-state index contributed by atoms with van der Waals surface area (Å²) < 4.78 is 26.9. The van der Waals surface area contributed by atoms with Gasteiger partial charge in [0.25, 0.3) is 5.91 Å². The van der Waals surface area contributed by atoms with Gasteiger partial charge in [0.05, 0.1) is 33.0 Å². The molecule has 8 nitrogen and oxygen atoms in total. The zero-order chi connectivity index (χ0) is 21.0. The Kier molecular flexibility index (Phi) is 6.31. The monoisotopic (exact) mass is 403 g/mol. The third-order valence-corrected chi connectivity index (χ3v) is 4.83. The van der Waals surface area contributed by atoms with Gasteiger partial charge >= 0.3 is 5.63 Å². The molecule has 0 saturated carbocycles. The number of carbonyl (C=O) groups is 1. The van der Waals surface area contributed by atoms with Gasteiger partial charge in [-0.05, 0) is 19.1 Å². The lowest BCUT2D eigenvalue weighted by atomic mass is 10.1. The fraction of sp³-hybridized carbons (Fsp3) is 0.429. The molecule has 0 bridgehead atoms. The molecule has 0 unspecified atom stereocenters. The molecule has 1 aliphatic heterocycles. The van der Waals surface area contributed by atoms with Crippen molar-refractivity contribution in [1.29, 1.82) is 0 Å². The molecule has 1 aliphatic rings. The van der Waals surface area contributed by atoms with E-state index in [1.54, 1.807) is 30.0 Å². The molecule has 3 rings (SSSR count). The summed E-state index contributed by atoms with van der Waals surface area (Å²) in [5.74, 6) is 2.08. The molecule has 0 atom stereocenters. The number of nitrogens with zero attached hydrogens (tertiary/aromatic N) is 1. The summed E-state index contributed by atoms with van der Waals surface area (Å²) in [7, 11) is 4.53. The Hall–Kier alpha value is -3.16. The van der Waals surface area contributed by atoms with Crippen LogP contribution in [0.25, 0.3) is 0 Å². The summed E-state index contributed by atoms with van der Waals surface area (Å²) in [5, 5.41) is 0. The van der Waals surface area contributed by atoms with Crippen molar-refractivity contribution in [1.82, 2.24) is 4.90 Å². The van der Waals surface area contributed by atoms with Crippen LogP contribution in [0.4, 0.5) is 0 Å². The van der Waals surface area contributed by atoms with Gasteiger partial charge in [-0.1, -0.05) is 0 Å². The third-order valence-electron chi connectivity index (χ3n) is 4.83. The highest BCUT2D eigenvalue weighted by molar-refractivity contribution is 5.98. The minimum atomic E-state index is -0.437. The number of methoxy groups -OCH3 is 3. The molecular formula is C21H25NO7. The summed E-state index contributed by atoms with van der Waals surface area (Å²) in [6.45, 7) is 2.76. The van der Waals surface area contributed by atoms with Crippen molar-refractivity contribution in [2.24, 2.45) is 0 Å². The number of piperidine rings is 1.